The van der Waals surface area contributed by atoms with Crippen LogP contribution < -0.4 is 16.8 Å². The zero-order valence-corrected chi connectivity index (χ0v) is 11.5. The maximum atomic E-state index is 12.0. The molecule has 0 aliphatic carbocycles. The summed E-state index contributed by atoms with van der Waals surface area (Å²) < 4.78 is 0. The van der Waals surface area contributed by atoms with Gasteiger partial charge in [-0.3, -0.25) is 4.79 Å². The number of carbonyl (C=O) groups is 1. The Morgan fingerprint density at radius 1 is 1.10 bits per heavy atom. The third kappa shape index (κ3) is 3.51. The molecule has 0 heterocycles. The number of amides is 1. The minimum absolute atomic E-state index is 0.155. The van der Waals surface area contributed by atoms with Crippen LogP contribution in [0.25, 0.3) is 0 Å². The normalized spacial score (nSPS) is 10.2. The molecule has 20 heavy (non-hydrogen) atoms. The molecule has 0 saturated heterocycles. The Morgan fingerprint density at radius 2 is 1.75 bits per heavy atom. The van der Waals surface area contributed by atoms with Crippen LogP contribution in [0.3, 0.4) is 0 Å². The predicted octanol–water partition coefficient (Wildman–Crippen LogP) is 2.13. The summed E-state index contributed by atoms with van der Waals surface area (Å²) in [5.41, 5.74) is 15.3. The fraction of sp³-hybridized carbons (Fsp3) is 0.188. The van der Waals surface area contributed by atoms with Crippen LogP contribution in [-0.2, 0) is 6.42 Å². The van der Waals surface area contributed by atoms with Crippen LogP contribution >= 0.6 is 0 Å². The first-order valence-electron chi connectivity index (χ1n) is 6.55. The number of aryl methyl sites for hydroxylation is 1. The molecule has 1 amide bonds. The van der Waals surface area contributed by atoms with Crippen molar-refractivity contribution in [1.82, 2.24) is 5.32 Å². The van der Waals surface area contributed by atoms with Gasteiger partial charge in [0.05, 0.1) is 0 Å². The number of anilines is 2. The van der Waals surface area contributed by atoms with Gasteiger partial charge in [0.15, 0.2) is 0 Å². The van der Waals surface area contributed by atoms with Crippen molar-refractivity contribution in [3.05, 3.63) is 59.2 Å². The third-order valence-corrected chi connectivity index (χ3v) is 3.18. The van der Waals surface area contributed by atoms with E-state index in [1.807, 2.05) is 12.1 Å². The Hall–Kier alpha value is -2.49. The summed E-state index contributed by atoms with van der Waals surface area (Å²) >= 11 is 0. The molecule has 0 aromatic heterocycles. The van der Waals surface area contributed by atoms with Gasteiger partial charge in [0.1, 0.15) is 0 Å². The van der Waals surface area contributed by atoms with Crippen molar-refractivity contribution in [2.75, 3.05) is 18.0 Å². The quantitative estimate of drug-likeness (QED) is 0.744. The Labute approximate surface area is 118 Å². The molecule has 0 aliphatic rings. The molecule has 5 N–H and O–H groups in total. The molecule has 104 valence electrons. The van der Waals surface area contributed by atoms with E-state index in [0.29, 0.717) is 23.5 Å². The number of nitrogens with one attached hydrogen (secondary N) is 1. The summed E-state index contributed by atoms with van der Waals surface area (Å²) in [6.07, 6.45) is 0.802. The average Bonchev–Trinajstić information content (AvgIpc) is 2.39. The molecular formula is C16H19N3O. The highest BCUT2D eigenvalue weighted by atomic mass is 16.1. The van der Waals surface area contributed by atoms with Crippen molar-refractivity contribution in [2.45, 2.75) is 13.3 Å². The Bertz CT molecular complexity index is 603. The summed E-state index contributed by atoms with van der Waals surface area (Å²) in [6.45, 7) is 2.65. The second-order valence-electron chi connectivity index (χ2n) is 4.82. The monoisotopic (exact) mass is 269 g/mol. The topological polar surface area (TPSA) is 81.1 Å². The largest absolute Gasteiger partial charge is 0.399 e. The number of hydrogen-bond donors (Lipinski definition) is 3. The fourth-order valence-electron chi connectivity index (χ4n) is 2.11. The van der Waals surface area contributed by atoms with Gasteiger partial charge in [-0.1, -0.05) is 24.3 Å². The highest BCUT2D eigenvalue weighted by molar-refractivity contribution is 5.96. The number of nitrogen functional groups attached to an aromatic ring is 2. The maximum Gasteiger partial charge on any atom is 0.251 e. The molecule has 4 nitrogen and oxygen atoms in total. The van der Waals surface area contributed by atoms with E-state index in [1.54, 1.807) is 18.2 Å². The SMILES string of the molecule is Cc1ccccc1CCNC(=O)c1cc(N)cc(N)c1. The van der Waals surface area contributed by atoms with E-state index >= 15 is 0 Å². The van der Waals surface area contributed by atoms with Gasteiger partial charge in [-0.25, -0.2) is 0 Å². The molecule has 2 aromatic carbocycles. The summed E-state index contributed by atoms with van der Waals surface area (Å²) in [5.74, 6) is -0.155. The van der Waals surface area contributed by atoms with Crippen molar-refractivity contribution in [2.24, 2.45) is 0 Å². The van der Waals surface area contributed by atoms with E-state index < -0.39 is 0 Å². The standard InChI is InChI=1S/C16H19N3O/c1-11-4-2-3-5-12(11)6-7-19-16(20)13-8-14(17)10-15(18)9-13/h2-5,8-10H,6-7,17-18H2,1H3,(H,19,20). The molecule has 2 aromatic rings. The lowest BCUT2D eigenvalue weighted by atomic mass is 10.1. The first-order valence-corrected chi connectivity index (χ1v) is 6.55. The van der Waals surface area contributed by atoms with Gasteiger partial charge in [-0.2, -0.15) is 0 Å². The van der Waals surface area contributed by atoms with Crippen LogP contribution in [0.1, 0.15) is 21.5 Å². The lowest BCUT2D eigenvalue weighted by Crippen LogP contribution is -2.26. The smallest absolute Gasteiger partial charge is 0.251 e. The summed E-state index contributed by atoms with van der Waals surface area (Å²) in [5, 5.41) is 2.88. The average molecular weight is 269 g/mol. The van der Waals surface area contributed by atoms with E-state index in [2.05, 4.69) is 24.4 Å². The minimum Gasteiger partial charge on any atom is -0.399 e. The summed E-state index contributed by atoms with van der Waals surface area (Å²) in [4.78, 5) is 12.0. The molecule has 0 fully saturated rings. The van der Waals surface area contributed by atoms with E-state index in [9.17, 15) is 4.79 Å². The first-order chi connectivity index (χ1) is 9.56. The molecular weight excluding hydrogens is 250 g/mol. The Balaban J connectivity index is 1.94. The highest BCUT2D eigenvalue weighted by Gasteiger charge is 2.07. The van der Waals surface area contributed by atoms with Crippen molar-refractivity contribution in [3.8, 4) is 0 Å². The molecule has 2 rings (SSSR count). The van der Waals surface area contributed by atoms with Gasteiger partial charge >= 0.3 is 0 Å². The van der Waals surface area contributed by atoms with Crippen LogP contribution in [0.2, 0.25) is 0 Å². The summed E-state index contributed by atoms with van der Waals surface area (Å²) in [7, 11) is 0. The maximum absolute atomic E-state index is 12.0. The van der Waals surface area contributed by atoms with Gasteiger partial charge in [-0.15, -0.1) is 0 Å². The molecule has 0 atom stereocenters. The van der Waals surface area contributed by atoms with Crippen molar-refractivity contribution >= 4 is 17.3 Å². The van der Waals surface area contributed by atoms with E-state index in [0.717, 1.165) is 6.42 Å². The zero-order valence-electron chi connectivity index (χ0n) is 11.5. The van der Waals surface area contributed by atoms with Crippen molar-refractivity contribution in [3.63, 3.8) is 0 Å². The van der Waals surface area contributed by atoms with E-state index in [4.69, 9.17) is 11.5 Å². The van der Waals surface area contributed by atoms with Crippen LogP contribution in [0, 0.1) is 6.92 Å². The molecule has 0 radical (unpaired) electrons. The zero-order chi connectivity index (χ0) is 14.5. The van der Waals surface area contributed by atoms with Gasteiger partial charge in [0, 0.05) is 23.5 Å². The summed E-state index contributed by atoms with van der Waals surface area (Å²) in [6, 6.07) is 13.0. The number of benzene rings is 2. The second-order valence-corrected chi connectivity index (χ2v) is 4.82. The molecule has 0 spiro atoms. The number of hydrogen-bond acceptors (Lipinski definition) is 3. The van der Waals surface area contributed by atoms with Gasteiger partial charge in [0.2, 0.25) is 0 Å². The first kappa shape index (κ1) is 13.9. The van der Waals surface area contributed by atoms with Gasteiger partial charge in [0.25, 0.3) is 5.91 Å². The van der Waals surface area contributed by atoms with Crippen molar-refractivity contribution in [1.29, 1.82) is 0 Å². The van der Waals surface area contributed by atoms with Crippen molar-refractivity contribution < 1.29 is 4.79 Å². The van der Waals surface area contributed by atoms with Crippen LogP contribution in [-0.4, -0.2) is 12.5 Å². The minimum atomic E-state index is -0.155. The third-order valence-electron chi connectivity index (χ3n) is 3.18. The lowest BCUT2D eigenvalue weighted by Gasteiger charge is -2.08. The number of rotatable bonds is 4. The molecule has 0 saturated carbocycles. The molecule has 0 unspecified atom stereocenters. The van der Waals surface area contributed by atoms with Crippen LogP contribution in [0.15, 0.2) is 42.5 Å². The highest BCUT2D eigenvalue weighted by Crippen LogP contribution is 2.13. The van der Waals surface area contributed by atoms with Gasteiger partial charge < -0.3 is 16.8 Å². The fourth-order valence-corrected chi connectivity index (χ4v) is 2.11. The van der Waals surface area contributed by atoms with E-state index in [-0.39, 0.29) is 5.91 Å². The van der Waals surface area contributed by atoms with E-state index in [1.165, 1.54) is 11.1 Å². The lowest BCUT2D eigenvalue weighted by molar-refractivity contribution is 0.0954. The molecule has 0 bridgehead atoms. The molecule has 4 heteroatoms. The van der Waals surface area contributed by atoms with Gasteiger partial charge in [-0.05, 0) is 42.7 Å². The van der Waals surface area contributed by atoms with Crippen LogP contribution in [0.4, 0.5) is 11.4 Å². The predicted molar refractivity (Wildman–Crippen MR) is 82.5 cm³/mol. The number of carbonyl (C=O) groups excluding carboxylic acids is 1. The van der Waals surface area contributed by atoms with Crippen LogP contribution in [0.5, 0.6) is 0 Å². The second kappa shape index (κ2) is 6.10. The Morgan fingerprint density at radius 3 is 2.40 bits per heavy atom. The number of nitrogens with two attached hydrogens (primary N) is 2. The molecule has 0 aliphatic heterocycles. The Kier molecular flexibility index (Phi) is 4.25.